The summed E-state index contributed by atoms with van der Waals surface area (Å²) in [5.74, 6) is 0. The Kier molecular flexibility index (Phi) is 2.36. The molecular weight excluding hydrogens is 168 g/mol. The molecule has 0 heteroatoms. The molecule has 0 saturated carbocycles. The maximum atomic E-state index is 2.89. The number of hydrogen-bond acceptors (Lipinski definition) is 0. The fourth-order valence-electron chi connectivity index (χ4n) is 1.46. The van der Waals surface area contributed by atoms with Gasteiger partial charge < -0.3 is 0 Å². The molecule has 69 valence electrons. The Morgan fingerprint density at radius 3 is 1.86 bits per heavy atom. The van der Waals surface area contributed by atoms with Gasteiger partial charge in [0, 0.05) is 0 Å². The van der Waals surface area contributed by atoms with Crippen molar-refractivity contribution in [3.63, 3.8) is 0 Å². The van der Waals surface area contributed by atoms with Gasteiger partial charge in [0.2, 0.25) is 0 Å². The van der Waals surface area contributed by atoms with Crippen LogP contribution in [-0.2, 0) is 0 Å². The van der Waals surface area contributed by atoms with Crippen LogP contribution in [0.1, 0.15) is 11.1 Å². The second-order valence-corrected chi connectivity index (χ2v) is 3.54. The van der Waals surface area contributed by atoms with Crippen molar-refractivity contribution in [2.45, 2.75) is 13.8 Å². The molecule has 0 unspecified atom stereocenters. The summed E-state index contributed by atoms with van der Waals surface area (Å²) in [7, 11) is 0. The Balaban J connectivity index is 0.000000112. The van der Waals surface area contributed by atoms with Gasteiger partial charge in [-0.2, -0.15) is 0 Å². The molecule has 0 heterocycles. The Bertz CT molecular complexity index is 401. The zero-order valence-electron chi connectivity index (χ0n) is 8.54. The fourth-order valence-corrected chi connectivity index (χ4v) is 1.46. The van der Waals surface area contributed by atoms with Crippen LogP contribution in [0.25, 0.3) is 11.1 Å². The molecule has 0 bridgehead atoms. The normalized spacial score (nSPS) is 10.1. The Morgan fingerprint density at radius 2 is 1.64 bits per heavy atom. The lowest BCUT2D eigenvalue weighted by atomic mass is 10.2. The van der Waals surface area contributed by atoms with Crippen molar-refractivity contribution in [2.75, 3.05) is 0 Å². The first-order valence-electron chi connectivity index (χ1n) is 4.82. The molecule has 3 rings (SSSR count). The molecular formula is C14H13. The highest BCUT2D eigenvalue weighted by Crippen LogP contribution is 2.40. The molecule has 2 aliphatic carbocycles. The highest BCUT2D eigenvalue weighted by atomic mass is 14.2. The van der Waals surface area contributed by atoms with Crippen molar-refractivity contribution in [2.24, 2.45) is 0 Å². The van der Waals surface area contributed by atoms with Gasteiger partial charge in [-0.15, -0.1) is 0 Å². The lowest BCUT2D eigenvalue weighted by molar-refractivity contribution is 1.41. The molecule has 0 fully saturated rings. The fraction of sp³-hybridized carbons (Fsp3) is 0.143. The van der Waals surface area contributed by atoms with Gasteiger partial charge in [0.1, 0.15) is 0 Å². The Labute approximate surface area is 85.2 Å². The number of fused-ring (bicyclic) bond motifs is 1. The molecule has 1 aromatic carbocycles. The quantitative estimate of drug-likeness (QED) is 0.495. The lowest BCUT2D eigenvalue weighted by Gasteiger charge is -1.83. The van der Waals surface area contributed by atoms with E-state index < -0.39 is 0 Å². The van der Waals surface area contributed by atoms with Crippen molar-refractivity contribution < 1.29 is 0 Å². The van der Waals surface area contributed by atoms with Gasteiger partial charge in [-0.05, 0) is 48.2 Å². The molecule has 0 saturated heterocycles. The van der Waals surface area contributed by atoms with Crippen molar-refractivity contribution >= 4 is 0 Å². The monoisotopic (exact) mass is 181 g/mol. The van der Waals surface area contributed by atoms with Gasteiger partial charge >= 0.3 is 0 Å². The molecule has 1 radical (unpaired) electrons. The molecule has 1 aromatic rings. The van der Waals surface area contributed by atoms with E-state index in [1.165, 1.54) is 22.3 Å². The predicted molar refractivity (Wildman–Crippen MR) is 60.2 cm³/mol. The van der Waals surface area contributed by atoms with Crippen LogP contribution >= 0.6 is 0 Å². The minimum absolute atomic E-state index is 1.44. The first-order chi connectivity index (χ1) is 6.79. The van der Waals surface area contributed by atoms with E-state index in [0.717, 1.165) is 0 Å². The minimum Gasteiger partial charge on any atom is -0.0622 e. The summed E-state index contributed by atoms with van der Waals surface area (Å²) in [6, 6.07) is 17.0. The maximum absolute atomic E-state index is 2.89. The largest absolute Gasteiger partial charge is 0.0622 e. The molecule has 0 N–H and O–H groups in total. The molecule has 14 heavy (non-hydrogen) atoms. The minimum atomic E-state index is 1.44. The van der Waals surface area contributed by atoms with Crippen LogP contribution in [0, 0.1) is 19.9 Å². The van der Waals surface area contributed by atoms with E-state index >= 15 is 0 Å². The zero-order chi connectivity index (χ0) is 9.97. The second kappa shape index (κ2) is 3.67. The average Bonchev–Trinajstić information content (AvgIpc) is 2.94. The van der Waals surface area contributed by atoms with Crippen molar-refractivity contribution in [1.29, 1.82) is 0 Å². The third-order valence-electron chi connectivity index (χ3n) is 2.50. The van der Waals surface area contributed by atoms with Gasteiger partial charge in [0.05, 0.1) is 0 Å². The van der Waals surface area contributed by atoms with Gasteiger partial charge in [0.25, 0.3) is 0 Å². The zero-order valence-corrected chi connectivity index (χ0v) is 8.54. The number of hydrogen-bond donors (Lipinski definition) is 0. The van der Waals surface area contributed by atoms with Gasteiger partial charge in [0.15, 0.2) is 0 Å². The van der Waals surface area contributed by atoms with E-state index in [0.29, 0.717) is 0 Å². The maximum Gasteiger partial charge on any atom is -0.0146 e. The Hall–Kier alpha value is -1.56. The van der Waals surface area contributed by atoms with E-state index in [1.807, 2.05) is 30.3 Å². The smallest absolute Gasteiger partial charge is 0.0146 e. The van der Waals surface area contributed by atoms with Crippen LogP contribution < -0.4 is 0 Å². The highest BCUT2D eigenvalue weighted by Gasteiger charge is 2.16. The molecule has 0 spiro atoms. The number of rotatable bonds is 0. The number of benzene rings is 2. The van der Waals surface area contributed by atoms with E-state index in [9.17, 15) is 0 Å². The summed E-state index contributed by atoms with van der Waals surface area (Å²) in [4.78, 5) is 0. The van der Waals surface area contributed by atoms with E-state index in [4.69, 9.17) is 0 Å². The summed E-state index contributed by atoms with van der Waals surface area (Å²) >= 11 is 0. The Morgan fingerprint density at radius 1 is 0.929 bits per heavy atom. The first-order valence-corrected chi connectivity index (χ1v) is 4.82. The van der Waals surface area contributed by atoms with Crippen molar-refractivity contribution in [1.82, 2.24) is 0 Å². The first kappa shape index (κ1) is 9.01. The van der Waals surface area contributed by atoms with E-state index in [-0.39, 0.29) is 0 Å². The standard InChI is InChI=1S/C8H8.C6H5/c1-5-3-7-4-8(7)6(5)2;1-2-4-6-5-3-1/h3-4H,1-2H3;1-5H. The average molecular weight is 181 g/mol. The summed E-state index contributed by atoms with van der Waals surface area (Å²) in [6.45, 7) is 4.34. The van der Waals surface area contributed by atoms with E-state index in [1.54, 1.807) is 0 Å². The van der Waals surface area contributed by atoms with Crippen LogP contribution in [0.5, 0.6) is 0 Å². The highest BCUT2D eigenvalue weighted by molar-refractivity contribution is 5.86. The van der Waals surface area contributed by atoms with Gasteiger partial charge in [-0.25, -0.2) is 0 Å². The summed E-state index contributed by atoms with van der Waals surface area (Å²) in [5, 5.41) is 0. The molecule has 0 aliphatic heterocycles. The predicted octanol–water partition coefficient (Wildman–Crippen LogP) is 3.77. The van der Waals surface area contributed by atoms with Crippen LogP contribution in [-0.4, -0.2) is 0 Å². The lowest BCUT2D eigenvalue weighted by Crippen LogP contribution is -1.65. The van der Waals surface area contributed by atoms with Crippen LogP contribution in [0.2, 0.25) is 0 Å². The van der Waals surface area contributed by atoms with Crippen molar-refractivity contribution in [3.05, 3.63) is 59.7 Å². The molecule has 2 aliphatic rings. The van der Waals surface area contributed by atoms with Crippen LogP contribution in [0.3, 0.4) is 0 Å². The summed E-state index contributed by atoms with van der Waals surface area (Å²) < 4.78 is 0. The third kappa shape index (κ3) is 1.85. The van der Waals surface area contributed by atoms with E-state index in [2.05, 4.69) is 32.0 Å². The van der Waals surface area contributed by atoms with Gasteiger partial charge in [-0.3, -0.25) is 0 Å². The topological polar surface area (TPSA) is 0 Å². The van der Waals surface area contributed by atoms with Crippen LogP contribution in [0.4, 0.5) is 0 Å². The molecule has 0 atom stereocenters. The van der Waals surface area contributed by atoms with Crippen molar-refractivity contribution in [3.8, 4) is 11.1 Å². The molecule has 0 nitrogen and oxygen atoms in total. The molecule has 0 aromatic heterocycles. The number of aryl methyl sites for hydroxylation is 1. The van der Waals surface area contributed by atoms with Crippen LogP contribution in [0.15, 0.2) is 42.5 Å². The van der Waals surface area contributed by atoms with Gasteiger partial charge in [-0.1, -0.05) is 36.4 Å². The second-order valence-electron chi connectivity index (χ2n) is 3.54. The summed E-state index contributed by atoms with van der Waals surface area (Å²) in [5.41, 5.74) is 5.86. The molecule has 0 amide bonds. The SMILES string of the molecule is Cc1cc2cc-2c1C.[c]1ccccc1. The summed E-state index contributed by atoms with van der Waals surface area (Å²) in [6.07, 6.45) is 0. The third-order valence-corrected chi connectivity index (χ3v) is 2.50.